The van der Waals surface area contributed by atoms with Crippen LogP contribution in [0.5, 0.6) is 0 Å². The van der Waals surface area contributed by atoms with Gasteiger partial charge in [0.2, 0.25) is 0 Å². The van der Waals surface area contributed by atoms with Crippen molar-refractivity contribution in [1.29, 1.82) is 0 Å². The van der Waals surface area contributed by atoms with Gasteiger partial charge >= 0.3 is 0 Å². The lowest BCUT2D eigenvalue weighted by atomic mass is 10.2. The van der Waals surface area contributed by atoms with Crippen LogP contribution in [0.25, 0.3) is 0 Å². The SMILES string of the molecule is CCCNc1cc(C(=O)N(CC)CCCN(C)C)ccn1. The molecule has 0 bridgehead atoms. The third-order valence-corrected chi connectivity index (χ3v) is 3.27. The Kier molecular flexibility index (Phi) is 7.75. The Morgan fingerprint density at radius 1 is 1.29 bits per heavy atom. The van der Waals surface area contributed by atoms with E-state index in [4.69, 9.17) is 0 Å². The van der Waals surface area contributed by atoms with Crippen molar-refractivity contribution in [2.45, 2.75) is 26.7 Å². The number of nitrogens with zero attached hydrogens (tertiary/aromatic N) is 3. The summed E-state index contributed by atoms with van der Waals surface area (Å²) in [6, 6.07) is 3.63. The van der Waals surface area contributed by atoms with Crippen LogP contribution in [0, 0.1) is 0 Å². The van der Waals surface area contributed by atoms with E-state index in [-0.39, 0.29) is 5.91 Å². The molecule has 0 fully saturated rings. The zero-order chi connectivity index (χ0) is 15.7. The zero-order valence-electron chi connectivity index (χ0n) is 13.7. The Hall–Kier alpha value is -1.62. The number of carbonyl (C=O) groups excluding carboxylic acids is 1. The van der Waals surface area contributed by atoms with Gasteiger partial charge in [-0.2, -0.15) is 0 Å². The third-order valence-electron chi connectivity index (χ3n) is 3.27. The van der Waals surface area contributed by atoms with Crippen LogP contribution in [0.4, 0.5) is 5.82 Å². The summed E-state index contributed by atoms with van der Waals surface area (Å²) in [5, 5.41) is 3.22. The minimum atomic E-state index is 0.0817. The summed E-state index contributed by atoms with van der Waals surface area (Å²) in [6.07, 6.45) is 3.71. The summed E-state index contributed by atoms with van der Waals surface area (Å²) in [5.74, 6) is 0.852. The first-order valence-corrected chi connectivity index (χ1v) is 7.72. The van der Waals surface area contributed by atoms with E-state index in [1.165, 1.54) is 0 Å². The fourth-order valence-corrected chi connectivity index (χ4v) is 2.08. The second-order valence-corrected chi connectivity index (χ2v) is 5.40. The molecule has 1 heterocycles. The minimum absolute atomic E-state index is 0.0817. The standard InChI is InChI=1S/C16H28N4O/c1-5-9-17-15-13-14(8-10-18-15)16(21)20(6-2)12-7-11-19(3)4/h8,10,13H,5-7,9,11-12H2,1-4H3,(H,17,18). The van der Waals surface area contributed by atoms with Gasteiger partial charge in [0.15, 0.2) is 0 Å². The predicted molar refractivity (Wildman–Crippen MR) is 87.8 cm³/mol. The Bertz CT molecular complexity index is 434. The number of hydrogen-bond donors (Lipinski definition) is 1. The number of aromatic nitrogens is 1. The molecule has 5 heteroatoms. The molecular formula is C16H28N4O. The molecule has 1 amide bonds. The van der Waals surface area contributed by atoms with Gasteiger partial charge < -0.3 is 15.1 Å². The molecular weight excluding hydrogens is 264 g/mol. The van der Waals surface area contributed by atoms with Crippen molar-refractivity contribution in [1.82, 2.24) is 14.8 Å². The van der Waals surface area contributed by atoms with Gasteiger partial charge in [0, 0.05) is 31.4 Å². The lowest BCUT2D eigenvalue weighted by molar-refractivity contribution is 0.0759. The summed E-state index contributed by atoms with van der Waals surface area (Å²) in [4.78, 5) is 20.8. The highest BCUT2D eigenvalue weighted by Crippen LogP contribution is 2.10. The molecule has 0 aromatic carbocycles. The Morgan fingerprint density at radius 3 is 2.67 bits per heavy atom. The molecule has 1 N–H and O–H groups in total. The monoisotopic (exact) mass is 292 g/mol. The molecule has 1 aromatic heterocycles. The first kappa shape index (κ1) is 17.4. The van der Waals surface area contributed by atoms with E-state index in [9.17, 15) is 4.79 Å². The van der Waals surface area contributed by atoms with Crippen LogP contribution in [0.3, 0.4) is 0 Å². The second-order valence-electron chi connectivity index (χ2n) is 5.40. The molecule has 1 aromatic rings. The average Bonchev–Trinajstić information content (AvgIpc) is 2.49. The first-order chi connectivity index (χ1) is 10.1. The summed E-state index contributed by atoms with van der Waals surface area (Å²) in [5.41, 5.74) is 0.704. The van der Waals surface area contributed by atoms with Crippen molar-refractivity contribution in [2.75, 3.05) is 45.6 Å². The van der Waals surface area contributed by atoms with Gasteiger partial charge in [-0.3, -0.25) is 4.79 Å². The van der Waals surface area contributed by atoms with E-state index in [0.717, 1.165) is 44.8 Å². The Labute approximate surface area is 128 Å². The van der Waals surface area contributed by atoms with Gasteiger partial charge in [-0.25, -0.2) is 4.98 Å². The van der Waals surface area contributed by atoms with E-state index in [2.05, 4.69) is 22.1 Å². The summed E-state index contributed by atoms with van der Waals surface area (Å²) in [6.45, 7) is 7.49. The quantitative estimate of drug-likeness (QED) is 0.759. The Morgan fingerprint density at radius 2 is 2.05 bits per heavy atom. The maximum atomic E-state index is 12.5. The van der Waals surface area contributed by atoms with Crippen molar-refractivity contribution in [3.63, 3.8) is 0 Å². The molecule has 0 unspecified atom stereocenters. The molecule has 0 spiro atoms. The fourth-order valence-electron chi connectivity index (χ4n) is 2.08. The molecule has 0 atom stereocenters. The summed E-state index contributed by atoms with van der Waals surface area (Å²) >= 11 is 0. The maximum absolute atomic E-state index is 12.5. The molecule has 0 aliphatic carbocycles. The normalized spacial score (nSPS) is 10.7. The van der Waals surface area contributed by atoms with E-state index in [1.54, 1.807) is 12.3 Å². The van der Waals surface area contributed by atoms with Crippen LogP contribution >= 0.6 is 0 Å². The van der Waals surface area contributed by atoms with Crippen molar-refractivity contribution < 1.29 is 4.79 Å². The number of anilines is 1. The second kappa shape index (κ2) is 9.34. The van der Waals surface area contributed by atoms with Crippen LogP contribution in [-0.4, -0.2) is 61.0 Å². The predicted octanol–water partition coefficient (Wildman–Crippen LogP) is 2.32. The molecule has 0 aliphatic heterocycles. The smallest absolute Gasteiger partial charge is 0.254 e. The number of amides is 1. The number of nitrogens with one attached hydrogen (secondary N) is 1. The zero-order valence-corrected chi connectivity index (χ0v) is 13.7. The molecule has 0 saturated carbocycles. The molecule has 0 saturated heterocycles. The van der Waals surface area contributed by atoms with Crippen molar-refractivity contribution in [3.05, 3.63) is 23.9 Å². The minimum Gasteiger partial charge on any atom is -0.370 e. The number of rotatable bonds is 9. The van der Waals surface area contributed by atoms with Gasteiger partial charge in [0.05, 0.1) is 0 Å². The van der Waals surface area contributed by atoms with Crippen LogP contribution in [0.2, 0.25) is 0 Å². The molecule has 118 valence electrons. The first-order valence-electron chi connectivity index (χ1n) is 7.72. The lowest BCUT2D eigenvalue weighted by Crippen LogP contribution is -2.33. The highest BCUT2D eigenvalue weighted by Gasteiger charge is 2.14. The van der Waals surface area contributed by atoms with Crippen molar-refractivity contribution in [3.8, 4) is 0 Å². The van der Waals surface area contributed by atoms with Crippen LogP contribution in [0.15, 0.2) is 18.3 Å². The molecule has 1 rings (SSSR count). The van der Waals surface area contributed by atoms with Crippen LogP contribution in [-0.2, 0) is 0 Å². The van der Waals surface area contributed by atoms with Crippen molar-refractivity contribution >= 4 is 11.7 Å². The third kappa shape index (κ3) is 6.12. The number of pyridine rings is 1. The van der Waals surface area contributed by atoms with Gasteiger partial charge in [-0.15, -0.1) is 0 Å². The Balaban J connectivity index is 2.66. The molecule has 5 nitrogen and oxygen atoms in total. The summed E-state index contributed by atoms with van der Waals surface area (Å²) < 4.78 is 0. The van der Waals surface area contributed by atoms with E-state index >= 15 is 0 Å². The maximum Gasteiger partial charge on any atom is 0.254 e. The largest absolute Gasteiger partial charge is 0.370 e. The van der Waals surface area contributed by atoms with Gasteiger partial charge in [0.1, 0.15) is 5.82 Å². The topological polar surface area (TPSA) is 48.5 Å². The number of carbonyl (C=O) groups is 1. The fraction of sp³-hybridized carbons (Fsp3) is 0.625. The molecule has 0 radical (unpaired) electrons. The van der Waals surface area contributed by atoms with Gasteiger partial charge in [-0.1, -0.05) is 6.92 Å². The lowest BCUT2D eigenvalue weighted by Gasteiger charge is -2.22. The van der Waals surface area contributed by atoms with E-state index in [0.29, 0.717) is 5.56 Å². The molecule has 0 aliphatic rings. The summed E-state index contributed by atoms with van der Waals surface area (Å²) in [7, 11) is 4.10. The van der Waals surface area contributed by atoms with Crippen LogP contribution in [0.1, 0.15) is 37.0 Å². The highest BCUT2D eigenvalue weighted by atomic mass is 16.2. The van der Waals surface area contributed by atoms with Crippen molar-refractivity contribution in [2.24, 2.45) is 0 Å². The van der Waals surface area contributed by atoms with E-state index in [1.807, 2.05) is 32.0 Å². The highest BCUT2D eigenvalue weighted by molar-refractivity contribution is 5.94. The van der Waals surface area contributed by atoms with Gasteiger partial charge in [-0.05, 0) is 52.5 Å². The average molecular weight is 292 g/mol. The van der Waals surface area contributed by atoms with E-state index < -0.39 is 0 Å². The van der Waals surface area contributed by atoms with Gasteiger partial charge in [0.25, 0.3) is 5.91 Å². The molecule has 21 heavy (non-hydrogen) atoms. The number of hydrogen-bond acceptors (Lipinski definition) is 4. The van der Waals surface area contributed by atoms with Crippen LogP contribution < -0.4 is 5.32 Å².